The monoisotopic (exact) mass is 473 g/mol. The van der Waals surface area contributed by atoms with Crippen LogP contribution in [0.4, 0.5) is 5.69 Å². The fourth-order valence-electron chi connectivity index (χ4n) is 5.15. The number of aromatic nitrogens is 2. The first-order valence-corrected chi connectivity index (χ1v) is 12.4. The van der Waals surface area contributed by atoms with Crippen molar-refractivity contribution in [3.05, 3.63) is 82.9 Å². The summed E-state index contributed by atoms with van der Waals surface area (Å²) in [6.45, 7) is 6.94. The van der Waals surface area contributed by atoms with E-state index in [0.717, 1.165) is 16.9 Å². The van der Waals surface area contributed by atoms with Crippen LogP contribution in [0.15, 0.2) is 54.7 Å². The number of rotatable bonds is 7. The van der Waals surface area contributed by atoms with E-state index in [9.17, 15) is 4.79 Å². The molecule has 3 aromatic rings. The van der Waals surface area contributed by atoms with E-state index in [1.165, 1.54) is 29.8 Å². The maximum atomic E-state index is 12.8. The van der Waals surface area contributed by atoms with Crippen molar-refractivity contribution in [3.8, 4) is 0 Å². The summed E-state index contributed by atoms with van der Waals surface area (Å²) in [7, 11) is 0. The molecule has 2 N–H and O–H groups in total. The molecule has 176 valence electrons. The summed E-state index contributed by atoms with van der Waals surface area (Å²) in [4.78, 5) is 19.6. The zero-order valence-corrected chi connectivity index (χ0v) is 20.7. The molecule has 6 nitrogen and oxygen atoms in total. The van der Waals surface area contributed by atoms with E-state index in [4.69, 9.17) is 12.2 Å². The Morgan fingerprint density at radius 2 is 1.97 bits per heavy atom. The summed E-state index contributed by atoms with van der Waals surface area (Å²) in [5.41, 5.74) is 6.72. The van der Waals surface area contributed by atoms with Gasteiger partial charge in [-0.15, -0.1) is 0 Å². The molecule has 34 heavy (non-hydrogen) atoms. The Balaban J connectivity index is 1.41. The summed E-state index contributed by atoms with van der Waals surface area (Å²) >= 11 is 5.79. The third-order valence-corrected chi connectivity index (χ3v) is 7.19. The van der Waals surface area contributed by atoms with Crippen LogP contribution in [0.1, 0.15) is 65.6 Å². The average molecular weight is 474 g/mol. The number of nitrogens with one attached hydrogen (secondary N) is 2. The number of anilines is 1. The highest BCUT2D eigenvalue weighted by Gasteiger charge is 2.42. The fourth-order valence-corrected chi connectivity index (χ4v) is 5.48. The van der Waals surface area contributed by atoms with Crippen LogP contribution in [0.5, 0.6) is 0 Å². The van der Waals surface area contributed by atoms with Crippen LogP contribution in [0.3, 0.4) is 0 Å². The molecule has 7 heteroatoms. The maximum absolute atomic E-state index is 12.8. The Morgan fingerprint density at radius 1 is 1.15 bits per heavy atom. The van der Waals surface area contributed by atoms with Crippen molar-refractivity contribution in [3.63, 3.8) is 0 Å². The second kappa shape index (κ2) is 9.22. The Bertz CT molecular complexity index is 1220. The molecule has 2 aliphatic rings. The third-order valence-electron chi connectivity index (χ3n) is 6.83. The molecule has 2 fully saturated rings. The molecular weight excluding hydrogens is 442 g/mol. The molecule has 1 aliphatic carbocycles. The molecule has 2 atom stereocenters. The Labute approximate surface area is 206 Å². The summed E-state index contributed by atoms with van der Waals surface area (Å²) in [5.74, 6) is -0.0168. The van der Waals surface area contributed by atoms with Crippen molar-refractivity contribution in [2.24, 2.45) is 0 Å². The lowest BCUT2D eigenvalue weighted by Gasteiger charge is -2.28. The smallest absolute Gasteiger partial charge is 0.226 e. The van der Waals surface area contributed by atoms with E-state index >= 15 is 0 Å². The van der Waals surface area contributed by atoms with E-state index < -0.39 is 0 Å². The minimum Gasteiger partial charge on any atom is -0.352 e. The Kier molecular flexibility index (Phi) is 6.13. The number of carbonyl (C=O) groups excluding carboxylic acids is 1. The standard InChI is InChI=1S/C27H31N5OS/c1-17-7-6-8-20(15-17)29-24(33)12-14-31-26(22-16-18(2)32(19(22)3)21-10-11-21)25(30-27(31)34)23-9-4-5-13-28-23/h4-9,13,15-16,21,25-26H,10-12,14H2,1-3H3,(H,29,33)(H,30,34)/t25-,26+/m1/s1. The molecule has 1 saturated carbocycles. The van der Waals surface area contributed by atoms with Gasteiger partial charge in [-0.05, 0) is 87.3 Å². The van der Waals surface area contributed by atoms with Crippen LogP contribution in [0.2, 0.25) is 0 Å². The molecule has 1 saturated heterocycles. The van der Waals surface area contributed by atoms with Crippen molar-refractivity contribution in [2.45, 2.75) is 58.2 Å². The van der Waals surface area contributed by atoms with E-state index in [1.54, 1.807) is 0 Å². The van der Waals surface area contributed by atoms with Gasteiger partial charge >= 0.3 is 0 Å². The number of benzene rings is 1. The summed E-state index contributed by atoms with van der Waals surface area (Å²) < 4.78 is 2.47. The Hall–Kier alpha value is -3.19. The van der Waals surface area contributed by atoms with Crippen molar-refractivity contribution < 1.29 is 4.79 Å². The van der Waals surface area contributed by atoms with Gasteiger partial charge < -0.3 is 20.1 Å². The number of nitrogens with zero attached hydrogens (tertiary/aromatic N) is 3. The van der Waals surface area contributed by atoms with Gasteiger partial charge in [0.25, 0.3) is 0 Å². The lowest BCUT2D eigenvalue weighted by molar-refractivity contribution is -0.116. The zero-order valence-electron chi connectivity index (χ0n) is 19.9. The molecule has 2 aromatic heterocycles. The average Bonchev–Trinajstić information content (AvgIpc) is 3.53. The van der Waals surface area contributed by atoms with E-state index in [2.05, 4.69) is 45.0 Å². The van der Waals surface area contributed by atoms with E-state index in [1.807, 2.05) is 55.6 Å². The number of thiocarbonyl (C=S) groups is 1. The number of aryl methyl sites for hydroxylation is 2. The summed E-state index contributed by atoms with van der Waals surface area (Å²) in [6.07, 6.45) is 4.65. The molecule has 1 amide bonds. The number of carbonyl (C=O) groups is 1. The predicted molar refractivity (Wildman–Crippen MR) is 139 cm³/mol. The molecule has 0 unspecified atom stereocenters. The lowest BCUT2D eigenvalue weighted by atomic mass is 9.96. The number of hydrogen-bond donors (Lipinski definition) is 2. The van der Waals surface area contributed by atoms with Gasteiger partial charge in [0.05, 0.1) is 17.8 Å². The molecule has 0 radical (unpaired) electrons. The highest BCUT2D eigenvalue weighted by molar-refractivity contribution is 7.80. The zero-order chi connectivity index (χ0) is 23.8. The molecular formula is C27H31N5OS. The molecule has 0 spiro atoms. The largest absolute Gasteiger partial charge is 0.352 e. The fraction of sp³-hybridized carbons (Fsp3) is 0.370. The minimum atomic E-state index is -0.0679. The molecule has 0 bridgehead atoms. The highest BCUT2D eigenvalue weighted by Crippen LogP contribution is 2.44. The first-order valence-electron chi connectivity index (χ1n) is 12.0. The van der Waals surface area contributed by atoms with Gasteiger partial charge in [-0.1, -0.05) is 18.2 Å². The highest BCUT2D eigenvalue weighted by atomic mass is 32.1. The van der Waals surface area contributed by atoms with Crippen LogP contribution >= 0.6 is 12.2 Å². The van der Waals surface area contributed by atoms with Crippen molar-refractivity contribution in [1.82, 2.24) is 19.8 Å². The maximum Gasteiger partial charge on any atom is 0.226 e. The van der Waals surface area contributed by atoms with Crippen LogP contribution < -0.4 is 10.6 Å². The minimum absolute atomic E-state index is 0.0168. The van der Waals surface area contributed by atoms with E-state index in [0.29, 0.717) is 24.1 Å². The van der Waals surface area contributed by atoms with Crippen molar-refractivity contribution in [2.75, 3.05) is 11.9 Å². The van der Waals surface area contributed by atoms with Crippen molar-refractivity contribution >= 4 is 28.9 Å². The SMILES string of the molecule is Cc1cccc(NC(=O)CCN2C(=S)N[C@H](c3ccccn3)[C@@H]2c2cc(C)n(C3CC3)c2C)c1. The lowest BCUT2D eigenvalue weighted by Crippen LogP contribution is -2.32. The van der Waals surface area contributed by atoms with Crippen molar-refractivity contribution in [1.29, 1.82) is 0 Å². The number of amides is 1. The van der Waals surface area contributed by atoms with Gasteiger partial charge in [0.15, 0.2) is 5.11 Å². The third kappa shape index (κ3) is 4.44. The second-order valence-electron chi connectivity index (χ2n) is 9.42. The van der Waals surface area contributed by atoms with Gasteiger partial charge in [0.1, 0.15) is 0 Å². The van der Waals surface area contributed by atoms with Gasteiger partial charge in [-0.2, -0.15) is 0 Å². The van der Waals surface area contributed by atoms with Crippen LogP contribution in [-0.4, -0.2) is 32.0 Å². The molecule has 3 heterocycles. The van der Waals surface area contributed by atoms with Gasteiger partial charge in [0.2, 0.25) is 5.91 Å². The molecule has 1 aromatic carbocycles. The predicted octanol–water partition coefficient (Wildman–Crippen LogP) is 5.14. The first-order chi connectivity index (χ1) is 16.4. The quantitative estimate of drug-likeness (QED) is 0.465. The first kappa shape index (κ1) is 22.6. The molecule has 5 rings (SSSR count). The Morgan fingerprint density at radius 3 is 2.68 bits per heavy atom. The normalized spacial score (nSPS) is 19.9. The number of hydrogen-bond acceptors (Lipinski definition) is 3. The van der Waals surface area contributed by atoms with Crippen LogP contribution in [-0.2, 0) is 4.79 Å². The van der Waals surface area contributed by atoms with Gasteiger partial charge in [0, 0.05) is 42.3 Å². The summed E-state index contributed by atoms with van der Waals surface area (Å²) in [6, 6.07) is 16.7. The van der Waals surface area contributed by atoms with Crippen LogP contribution in [0.25, 0.3) is 0 Å². The number of pyridine rings is 1. The molecule has 1 aliphatic heterocycles. The van der Waals surface area contributed by atoms with Gasteiger partial charge in [-0.3, -0.25) is 9.78 Å². The summed E-state index contributed by atoms with van der Waals surface area (Å²) in [5, 5.41) is 7.19. The van der Waals surface area contributed by atoms with Crippen LogP contribution in [0, 0.1) is 20.8 Å². The second-order valence-corrected chi connectivity index (χ2v) is 9.80. The topological polar surface area (TPSA) is 62.2 Å². The van der Waals surface area contributed by atoms with E-state index in [-0.39, 0.29) is 18.0 Å². The van der Waals surface area contributed by atoms with Gasteiger partial charge in [-0.25, -0.2) is 0 Å².